The number of ether oxygens (including phenoxy) is 1. The first kappa shape index (κ1) is 20.2. The van der Waals surface area contributed by atoms with Crippen LogP contribution in [-0.4, -0.2) is 32.3 Å². The second-order valence-electron chi connectivity index (χ2n) is 4.75. The van der Waals surface area contributed by atoms with Crippen LogP contribution >= 0.6 is 24.0 Å². The van der Waals surface area contributed by atoms with Crippen LogP contribution in [0.5, 0.6) is 0 Å². The molecule has 0 aliphatic carbocycles. The Morgan fingerprint density at radius 3 is 2.57 bits per heavy atom. The summed E-state index contributed by atoms with van der Waals surface area (Å²) in [6.07, 6.45) is 0. The van der Waals surface area contributed by atoms with Gasteiger partial charge >= 0.3 is 0 Å². The molecule has 1 aromatic carbocycles. The standard InChI is InChI=1S/C16H27N3O.HI/c1-5-17-16(18-9-10-20-6-2)19-12-15-8-7-13(3)11-14(15)4;/h7-8,11H,5-6,9-10,12H2,1-4H3,(H2,17,18,19);1H. The lowest BCUT2D eigenvalue weighted by molar-refractivity contribution is 0.152. The largest absolute Gasteiger partial charge is 0.380 e. The van der Waals surface area contributed by atoms with Gasteiger partial charge in [-0.2, -0.15) is 0 Å². The average Bonchev–Trinajstić information content (AvgIpc) is 2.42. The van der Waals surface area contributed by atoms with Crippen LogP contribution in [-0.2, 0) is 11.3 Å². The van der Waals surface area contributed by atoms with Crippen molar-refractivity contribution in [3.8, 4) is 0 Å². The third kappa shape index (κ3) is 8.26. The first-order chi connectivity index (χ1) is 9.67. The summed E-state index contributed by atoms with van der Waals surface area (Å²) in [7, 11) is 0. The number of rotatable bonds is 7. The Morgan fingerprint density at radius 1 is 1.19 bits per heavy atom. The molecular weight excluding hydrogens is 377 g/mol. The minimum absolute atomic E-state index is 0. The highest BCUT2D eigenvalue weighted by Gasteiger charge is 2.00. The Kier molecular flexibility index (Phi) is 11.3. The molecule has 21 heavy (non-hydrogen) atoms. The van der Waals surface area contributed by atoms with Crippen molar-refractivity contribution in [3.63, 3.8) is 0 Å². The van der Waals surface area contributed by atoms with Crippen LogP contribution in [0.25, 0.3) is 0 Å². The predicted molar refractivity (Wildman–Crippen MR) is 101 cm³/mol. The van der Waals surface area contributed by atoms with Crippen LogP contribution in [0, 0.1) is 13.8 Å². The topological polar surface area (TPSA) is 45.7 Å². The lowest BCUT2D eigenvalue weighted by Gasteiger charge is -2.12. The van der Waals surface area contributed by atoms with E-state index in [9.17, 15) is 0 Å². The van der Waals surface area contributed by atoms with E-state index in [-0.39, 0.29) is 24.0 Å². The van der Waals surface area contributed by atoms with Gasteiger partial charge in [0.25, 0.3) is 0 Å². The SMILES string of the molecule is CCNC(=NCc1ccc(C)cc1C)NCCOCC.I. The third-order valence-corrected chi connectivity index (χ3v) is 2.99. The first-order valence-electron chi connectivity index (χ1n) is 7.33. The third-order valence-electron chi connectivity index (χ3n) is 2.99. The van der Waals surface area contributed by atoms with Gasteiger partial charge in [0.05, 0.1) is 13.2 Å². The van der Waals surface area contributed by atoms with Crippen LogP contribution in [0.1, 0.15) is 30.5 Å². The van der Waals surface area contributed by atoms with Gasteiger partial charge in [0.15, 0.2) is 5.96 Å². The fourth-order valence-corrected chi connectivity index (χ4v) is 1.92. The summed E-state index contributed by atoms with van der Waals surface area (Å²) in [6, 6.07) is 6.48. The molecule has 0 radical (unpaired) electrons. The monoisotopic (exact) mass is 405 g/mol. The molecule has 0 saturated heterocycles. The van der Waals surface area contributed by atoms with E-state index in [0.717, 1.165) is 25.7 Å². The minimum Gasteiger partial charge on any atom is -0.380 e. The Bertz CT molecular complexity index is 436. The van der Waals surface area contributed by atoms with Gasteiger partial charge in [-0.05, 0) is 38.8 Å². The Balaban J connectivity index is 0.00000400. The van der Waals surface area contributed by atoms with E-state index in [0.29, 0.717) is 13.2 Å². The van der Waals surface area contributed by atoms with Crippen LogP contribution in [0.15, 0.2) is 23.2 Å². The Morgan fingerprint density at radius 2 is 1.95 bits per heavy atom. The number of hydrogen-bond donors (Lipinski definition) is 2. The molecule has 0 aliphatic rings. The van der Waals surface area contributed by atoms with Gasteiger partial charge in [0.1, 0.15) is 0 Å². The summed E-state index contributed by atoms with van der Waals surface area (Å²) >= 11 is 0. The molecule has 0 unspecified atom stereocenters. The zero-order valence-corrected chi connectivity index (χ0v) is 15.9. The molecule has 2 N–H and O–H groups in total. The van der Waals surface area contributed by atoms with Crippen molar-refractivity contribution in [2.75, 3.05) is 26.3 Å². The fraction of sp³-hybridized carbons (Fsp3) is 0.562. The quantitative estimate of drug-likeness (QED) is 0.317. The molecule has 0 heterocycles. The van der Waals surface area contributed by atoms with Crippen molar-refractivity contribution in [1.82, 2.24) is 10.6 Å². The molecule has 1 aromatic rings. The normalized spacial score (nSPS) is 11.0. The molecule has 0 bridgehead atoms. The van der Waals surface area contributed by atoms with E-state index in [1.54, 1.807) is 0 Å². The molecular formula is C16H28IN3O. The fourth-order valence-electron chi connectivity index (χ4n) is 1.92. The molecule has 0 atom stereocenters. The van der Waals surface area contributed by atoms with Gasteiger partial charge in [-0.25, -0.2) is 4.99 Å². The van der Waals surface area contributed by atoms with Gasteiger partial charge in [0, 0.05) is 19.7 Å². The Hall–Kier alpha value is -0.820. The van der Waals surface area contributed by atoms with Gasteiger partial charge in [-0.3, -0.25) is 0 Å². The Labute approximate surface area is 145 Å². The van der Waals surface area contributed by atoms with E-state index in [1.165, 1.54) is 16.7 Å². The van der Waals surface area contributed by atoms with Gasteiger partial charge in [-0.15, -0.1) is 24.0 Å². The number of hydrogen-bond acceptors (Lipinski definition) is 2. The van der Waals surface area contributed by atoms with E-state index in [1.807, 2.05) is 6.92 Å². The average molecular weight is 405 g/mol. The molecule has 0 amide bonds. The highest BCUT2D eigenvalue weighted by Crippen LogP contribution is 2.11. The smallest absolute Gasteiger partial charge is 0.191 e. The van der Waals surface area contributed by atoms with Gasteiger partial charge < -0.3 is 15.4 Å². The summed E-state index contributed by atoms with van der Waals surface area (Å²) in [5, 5.41) is 6.51. The van der Waals surface area contributed by atoms with Crippen molar-refractivity contribution >= 4 is 29.9 Å². The van der Waals surface area contributed by atoms with Crippen molar-refractivity contribution in [2.45, 2.75) is 34.2 Å². The minimum atomic E-state index is 0. The number of benzene rings is 1. The van der Waals surface area contributed by atoms with Crippen LogP contribution in [0.2, 0.25) is 0 Å². The molecule has 120 valence electrons. The van der Waals surface area contributed by atoms with Gasteiger partial charge in [-0.1, -0.05) is 23.8 Å². The van der Waals surface area contributed by atoms with E-state index in [2.05, 4.69) is 54.6 Å². The van der Waals surface area contributed by atoms with E-state index >= 15 is 0 Å². The maximum absolute atomic E-state index is 5.31. The maximum Gasteiger partial charge on any atom is 0.191 e. The summed E-state index contributed by atoms with van der Waals surface area (Å²) in [4.78, 5) is 4.61. The highest BCUT2D eigenvalue weighted by atomic mass is 127. The van der Waals surface area contributed by atoms with Crippen molar-refractivity contribution in [1.29, 1.82) is 0 Å². The van der Waals surface area contributed by atoms with Crippen LogP contribution in [0.4, 0.5) is 0 Å². The lowest BCUT2D eigenvalue weighted by atomic mass is 10.1. The molecule has 0 saturated carbocycles. The second kappa shape index (κ2) is 11.8. The molecule has 0 aliphatic heterocycles. The highest BCUT2D eigenvalue weighted by molar-refractivity contribution is 14.0. The summed E-state index contributed by atoms with van der Waals surface area (Å²) < 4.78 is 5.31. The van der Waals surface area contributed by atoms with Gasteiger partial charge in [0.2, 0.25) is 0 Å². The second-order valence-corrected chi connectivity index (χ2v) is 4.75. The van der Waals surface area contributed by atoms with E-state index in [4.69, 9.17) is 4.74 Å². The summed E-state index contributed by atoms with van der Waals surface area (Å²) in [5.74, 6) is 0.840. The number of aliphatic imine (C=N–C) groups is 1. The summed E-state index contributed by atoms with van der Waals surface area (Å²) in [5.41, 5.74) is 3.84. The molecule has 0 spiro atoms. The first-order valence-corrected chi connectivity index (χ1v) is 7.33. The number of halogens is 1. The number of guanidine groups is 1. The summed E-state index contributed by atoms with van der Waals surface area (Å²) in [6.45, 7) is 12.1. The number of aryl methyl sites for hydroxylation is 2. The zero-order chi connectivity index (χ0) is 14.8. The zero-order valence-electron chi connectivity index (χ0n) is 13.5. The maximum atomic E-state index is 5.31. The molecule has 0 aromatic heterocycles. The van der Waals surface area contributed by atoms with Crippen LogP contribution < -0.4 is 10.6 Å². The van der Waals surface area contributed by atoms with Crippen molar-refractivity contribution < 1.29 is 4.74 Å². The molecule has 1 rings (SSSR count). The van der Waals surface area contributed by atoms with Crippen molar-refractivity contribution in [2.24, 2.45) is 4.99 Å². The van der Waals surface area contributed by atoms with Crippen LogP contribution in [0.3, 0.4) is 0 Å². The molecule has 4 nitrogen and oxygen atoms in total. The predicted octanol–water partition coefficient (Wildman–Crippen LogP) is 3.01. The van der Waals surface area contributed by atoms with E-state index < -0.39 is 0 Å². The lowest BCUT2D eigenvalue weighted by Crippen LogP contribution is -2.39. The number of nitrogens with one attached hydrogen (secondary N) is 2. The number of nitrogens with zero attached hydrogens (tertiary/aromatic N) is 1. The molecule has 5 heteroatoms. The molecule has 0 fully saturated rings. The van der Waals surface area contributed by atoms with Crippen molar-refractivity contribution in [3.05, 3.63) is 34.9 Å².